The zero-order valence-electron chi connectivity index (χ0n) is 10.1. The molecule has 1 amide bonds. The SMILES string of the molecule is O=C(NC(CO)c1ccccc1)c1ncccc1Br. The Bertz CT molecular complexity index is 560. The van der Waals surface area contributed by atoms with Gasteiger partial charge in [0.1, 0.15) is 5.69 Å². The van der Waals surface area contributed by atoms with Gasteiger partial charge in [0.15, 0.2) is 0 Å². The van der Waals surface area contributed by atoms with Crippen LogP contribution in [0.3, 0.4) is 0 Å². The standard InChI is InChI=1S/C14H13BrN2O2/c15-11-7-4-8-16-13(11)14(19)17-12(9-18)10-5-2-1-3-6-10/h1-8,12,18H,9H2,(H,17,19). The monoisotopic (exact) mass is 320 g/mol. The van der Waals surface area contributed by atoms with Crippen molar-refractivity contribution in [3.8, 4) is 0 Å². The number of hydrogen-bond donors (Lipinski definition) is 2. The predicted octanol–water partition coefficient (Wildman–Crippen LogP) is 2.31. The number of nitrogens with zero attached hydrogens (tertiary/aromatic N) is 1. The highest BCUT2D eigenvalue weighted by molar-refractivity contribution is 9.10. The van der Waals surface area contributed by atoms with E-state index < -0.39 is 6.04 Å². The molecule has 5 heteroatoms. The number of amides is 1. The minimum Gasteiger partial charge on any atom is -0.394 e. The average molecular weight is 321 g/mol. The molecule has 1 unspecified atom stereocenters. The molecule has 0 aliphatic carbocycles. The molecule has 0 saturated heterocycles. The molecule has 0 bridgehead atoms. The molecular weight excluding hydrogens is 308 g/mol. The first-order valence-corrected chi connectivity index (χ1v) is 6.59. The van der Waals surface area contributed by atoms with Crippen LogP contribution in [0.15, 0.2) is 53.1 Å². The van der Waals surface area contributed by atoms with E-state index in [0.717, 1.165) is 5.56 Å². The summed E-state index contributed by atoms with van der Waals surface area (Å²) in [4.78, 5) is 16.1. The van der Waals surface area contributed by atoms with Gasteiger partial charge in [0, 0.05) is 10.7 Å². The van der Waals surface area contributed by atoms with E-state index in [9.17, 15) is 9.90 Å². The number of carbonyl (C=O) groups is 1. The fourth-order valence-electron chi connectivity index (χ4n) is 1.70. The van der Waals surface area contributed by atoms with Crippen molar-refractivity contribution < 1.29 is 9.90 Å². The fourth-order valence-corrected chi connectivity index (χ4v) is 2.13. The highest BCUT2D eigenvalue weighted by Crippen LogP contribution is 2.16. The van der Waals surface area contributed by atoms with Crippen LogP contribution in [0.5, 0.6) is 0 Å². The molecule has 1 heterocycles. The summed E-state index contributed by atoms with van der Waals surface area (Å²) in [7, 11) is 0. The zero-order chi connectivity index (χ0) is 13.7. The first kappa shape index (κ1) is 13.7. The Morgan fingerprint density at radius 1 is 1.26 bits per heavy atom. The molecule has 0 aliphatic heterocycles. The van der Waals surface area contributed by atoms with Gasteiger partial charge < -0.3 is 10.4 Å². The molecule has 19 heavy (non-hydrogen) atoms. The molecular formula is C14H13BrN2O2. The van der Waals surface area contributed by atoms with E-state index >= 15 is 0 Å². The summed E-state index contributed by atoms with van der Waals surface area (Å²) < 4.78 is 0.622. The number of pyridine rings is 1. The van der Waals surface area contributed by atoms with Crippen LogP contribution < -0.4 is 5.32 Å². The smallest absolute Gasteiger partial charge is 0.271 e. The number of aliphatic hydroxyl groups is 1. The molecule has 1 atom stereocenters. The number of benzene rings is 1. The summed E-state index contributed by atoms with van der Waals surface area (Å²) in [6.07, 6.45) is 1.55. The minimum atomic E-state index is -0.442. The Kier molecular flexibility index (Phi) is 4.65. The number of carbonyl (C=O) groups excluding carboxylic acids is 1. The van der Waals surface area contributed by atoms with Crippen LogP contribution in [0.25, 0.3) is 0 Å². The maximum Gasteiger partial charge on any atom is 0.271 e. The van der Waals surface area contributed by atoms with Gasteiger partial charge in [-0.2, -0.15) is 0 Å². The lowest BCUT2D eigenvalue weighted by molar-refractivity contribution is 0.0910. The highest BCUT2D eigenvalue weighted by Gasteiger charge is 2.17. The molecule has 2 N–H and O–H groups in total. The Balaban J connectivity index is 2.16. The number of hydrogen-bond acceptors (Lipinski definition) is 3. The van der Waals surface area contributed by atoms with E-state index in [1.54, 1.807) is 18.3 Å². The van der Waals surface area contributed by atoms with Crippen LogP contribution in [0.2, 0.25) is 0 Å². The van der Waals surface area contributed by atoms with Crippen LogP contribution in [0.4, 0.5) is 0 Å². The highest BCUT2D eigenvalue weighted by atomic mass is 79.9. The van der Waals surface area contributed by atoms with Gasteiger partial charge in [-0.15, -0.1) is 0 Å². The normalized spacial score (nSPS) is 11.9. The van der Waals surface area contributed by atoms with Crippen molar-refractivity contribution in [1.82, 2.24) is 10.3 Å². The molecule has 98 valence electrons. The van der Waals surface area contributed by atoms with Crippen LogP contribution in [0, 0.1) is 0 Å². The molecule has 0 aliphatic rings. The summed E-state index contributed by atoms with van der Waals surface area (Å²) in [5, 5.41) is 12.2. The molecule has 2 rings (SSSR count). The summed E-state index contributed by atoms with van der Waals surface area (Å²) in [5.41, 5.74) is 1.15. The van der Waals surface area contributed by atoms with E-state index in [-0.39, 0.29) is 12.5 Å². The summed E-state index contributed by atoms with van der Waals surface area (Å²) in [6.45, 7) is -0.166. The van der Waals surface area contributed by atoms with Gasteiger partial charge >= 0.3 is 0 Å². The summed E-state index contributed by atoms with van der Waals surface area (Å²) in [5.74, 6) is -0.324. The number of nitrogens with one attached hydrogen (secondary N) is 1. The van der Waals surface area contributed by atoms with Gasteiger partial charge in [0.05, 0.1) is 12.6 Å². The number of halogens is 1. The van der Waals surface area contributed by atoms with E-state index in [4.69, 9.17) is 0 Å². The second kappa shape index (κ2) is 6.45. The van der Waals surface area contributed by atoms with Crippen LogP contribution in [-0.2, 0) is 0 Å². The molecule has 1 aromatic heterocycles. The zero-order valence-corrected chi connectivity index (χ0v) is 11.7. The van der Waals surface area contributed by atoms with Crippen molar-refractivity contribution in [2.75, 3.05) is 6.61 Å². The van der Waals surface area contributed by atoms with Crippen molar-refractivity contribution in [2.45, 2.75) is 6.04 Å². The third-order valence-corrected chi connectivity index (χ3v) is 3.30. The van der Waals surface area contributed by atoms with Crippen molar-refractivity contribution in [2.24, 2.45) is 0 Å². The molecule has 0 radical (unpaired) electrons. The molecule has 4 nitrogen and oxygen atoms in total. The van der Waals surface area contributed by atoms with Crippen LogP contribution in [0.1, 0.15) is 22.1 Å². The number of aromatic nitrogens is 1. The van der Waals surface area contributed by atoms with Gasteiger partial charge in [0.2, 0.25) is 0 Å². The molecule has 1 aromatic carbocycles. The van der Waals surface area contributed by atoms with E-state index in [2.05, 4.69) is 26.2 Å². The summed E-state index contributed by atoms with van der Waals surface area (Å²) >= 11 is 3.28. The Morgan fingerprint density at radius 3 is 2.63 bits per heavy atom. The van der Waals surface area contributed by atoms with E-state index in [0.29, 0.717) is 10.2 Å². The second-order valence-corrected chi connectivity index (χ2v) is 4.81. The quantitative estimate of drug-likeness (QED) is 0.908. The summed E-state index contributed by atoms with van der Waals surface area (Å²) in [6, 6.07) is 12.4. The lowest BCUT2D eigenvalue weighted by Gasteiger charge is -2.16. The van der Waals surface area contributed by atoms with Crippen LogP contribution in [-0.4, -0.2) is 22.6 Å². The van der Waals surface area contributed by atoms with Crippen molar-refractivity contribution >= 4 is 21.8 Å². The van der Waals surface area contributed by atoms with Gasteiger partial charge in [-0.05, 0) is 33.6 Å². The number of aliphatic hydroxyl groups excluding tert-OH is 1. The van der Waals surface area contributed by atoms with Gasteiger partial charge in [0.25, 0.3) is 5.91 Å². The molecule has 2 aromatic rings. The van der Waals surface area contributed by atoms with E-state index in [1.165, 1.54) is 0 Å². The van der Waals surface area contributed by atoms with Crippen molar-refractivity contribution in [3.63, 3.8) is 0 Å². The maximum absolute atomic E-state index is 12.1. The van der Waals surface area contributed by atoms with Gasteiger partial charge in [-0.1, -0.05) is 30.3 Å². The third kappa shape index (κ3) is 3.39. The largest absolute Gasteiger partial charge is 0.394 e. The number of rotatable bonds is 4. The second-order valence-electron chi connectivity index (χ2n) is 3.95. The van der Waals surface area contributed by atoms with Gasteiger partial charge in [-0.3, -0.25) is 4.79 Å². The Hall–Kier alpha value is -1.72. The minimum absolute atomic E-state index is 0.166. The lowest BCUT2D eigenvalue weighted by atomic mass is 10.1. The molecule has 0 fully saturated rings. The molecule has 0 spiro atoms. The maximum atomic E-state index is 12.1. The first-order chi connectivity index (χ1) is 9.22. The lowest BCUT2D eigenvalue weighted by Crippen LogP contribution is -2.31. The first-order valence-electron chi connectivity index (χ1n) is 5.79. The van der Waals surface area contributed by atoms with Crippen molar-refractivity contribution in [3.05, 3.63) is 64.4 Å². The van der Waals surface area contributed by atoms with Crippen LogP contribution >= 0.6 is 15.9 Å². The van der Waals surface area contributed by atoms with E-state index in [1.807, 2.05) is 30.3 Å². The Labute approximate surface area is 119 Å². The Morgan fingerprint density at radius 2 is 2.00 bits per heavy atom. The molecule has 0 saturated carbocycles. The fraction of sp³-hybridized carbons (Fsp3) is 0.143. The third-order valence-electron chi connectivity index (χ3n) is 2.66. The topological polar surface area (TPSA) is 62.2 Å². The average Bonchev–Trinajstić information content (AvgIpc) is 2.46. The van der Waals surface area contributed by atoms with Gasteiger partial charge in [-0.25, -0.2) is 4.98 Å². The predicted molar refractivity (Wildman–Crippen MR) is 75.7 cm³/mol. The van der Waals surface area contributed by atoms with Crippen molar-refractivity contribution in [1.29, 1.82) is 0 Å².